The Morgan fingerprint density at radius 1 is 1.06 bits per heavy atom. The first kappa shape index (κ1) is 12.2. The third-order valence-electron chi connectivity index (χ3n) is 2.62. The zero-order valence-corrected chi connectivity index (χ0v) is 10.4. The first-order valence-corrected chi connectivity index (χ1v) is 5.71. The van der Waals surface area contributed by atoms with Crippen molar-refractivity contribution in [3.05, 3.63) is 59.2 Å². The van der Waals surface area contributed by atoms with Gasteiger partial charge in [0.25, 0.3) is 5.91 Å². The Morgan fingerprint density at radius 3 is 2.44 bits per heavy atom. The molecule has 3 nitrogen and oxygen atoms in total. The van der Waals surface area contributed by atoms with Crippen molar-refractivity contribution in [1.82, 2.24) is 0 Å². The van der Waals surface area contributed by atoms with E-state index in [4.69, 9.17) is 10.5 Å². The smallest absolute Gasteiger partial charge is 0.252 e. The van der Waals surface area contributed by atoms with Crippen LogP contribution in [-0.4, -0.2) is 5.91 Å². The molecule has 0 saturated heterocycles. The molecular formula is C15H15NO2. The van der Waals surface area contributed by atoms with Gasteiger partial charge in [0.05, 0.1) is 5.56 Å². The van der Waals surface area contributed by atoms with Crippen LogP contribution in [0.25, 0.3) is 0 Å². The van der Waals surface area contributed by atoms with E-state index in [0.717, 1.165) is 11.1 Å². The number of amides is 1. The number of aryl methyl sites for hydroxylation is 2. The van der Waals surface area contributed by atoms with Crippen molar-refractivity contribution < 1.29 is 9.53 Å². The second-order valence-corrected chi connectivity index (χ2v) is 4.28. The van der Waals surface area contributed by atoms with Crippen molar-refractivity contribution in [2.45, 2.75) is 13.8 Å². The van der Waals surface area contributed by atoms with Gasteiger partial charge in [-0.2, -0.15) is 0 Å². The van der Waals surface area contributed by atoms with Gasteiger partial charge >= 0.3 is 0 Å². The second kappa shape index (κ2) is 4.92. The predicted molar refractivity (Wildman–Crippen MR) is 70.9 cm³/mol. The molecule has 2 rings (SSSR count). The van der Waals surface area contributed by atoms with Crippen LogP contribution in [0.5, 0.6) is 11.5 Å². The number of hydrogen-bond donors (Lipinski definition) is 1. The van der Waals surface area contributed by atoms with Gasteiger partial charge in [0.2, 0.25) is 0 Å². The molecule has 0 bridgehead atoms. The van der Waals surface area contributed by atoms with Gasteiger partial charge < -0.3 is 10.5 Å². The molecule has 0 aliphatic heterocycles. The summed E-state index contributed by atoms with van der Waals surface area (Å²) in [6.07, 6.45) is 0. The summed E-state index contributed by atoms with van der Waals surface area (Å²) in [7, 11) is 0. The molecule has 0 aliphatic carbocycles. The zero-order chi connectivity index (χ0) is 13.1. The monoisotopic (exact) mass is 241 g/mol. The molecule has 0 saturated carbocycles. The summed E-state index contributed by atoms with van der Waals surface area (Å²) < 4.78 is 5.73. The van der Waals surface area contributed by atoms with E-state index in [1.54, 1.807) is 6.07 Å². The topological polar surface area (TPSA) is 52.3 Å². The molecule has 2 N–H and O–H groups in total. The molecule has 0 aromatic heterocycles. The maximum atomic E-state index is 11.3. The Morgan fingerprint density at radius 2 is 1.78 bits per heavy atom. The van der Waals surface area contributed by atoms with Crippen molar-refractivity contribution in [1.29, 1.82) is 0 Å². The van der Waals surface area contributed by atoms with Crippen LogP contribution in [0.15, 0.2) is 42.5 Å². The SMILES string of the molecule is Cc1cccc(Oc2cc(C)ccc2C(N)=O)c1. The molecule has 92 valence electrons. The van der Waals surface area contributed by atoms with E-state index in [9.17, 15) is 4.79 Å². The highest BCUT2D eigenvalue weighted by atomic mass is 16.5. The Hall–Kier alpha value is -2.29. The maximum absolute atomic E-state index is 11.3. The van der Waals surface area contributed by atoms with Crippen molar-refractivity contribution in [2.24, 2.45) is 5.73 Å². The molecule has 0 unspecified atom stereocenters. The number of carbonyl (C=O) groups is 1. The van der Waals surface area contributed by atoms with Gasteiger partial charge in [0.15, 0.2) is 0 Å². The lowest BCUT2D eigenvalue weighted by molar-refractivity contribution is 0.0998. The highest BCUT2D eigenvalue weighted by molar-refractivity contribution is 5.95. The summed E-state index contributed by atoms with van der Waals surface area (Å²) in [5, 5.41) is 0. The van der Waals surface area contributed by atoms with Crippen LogP contribution in [0.2, 0.25) is 0 Å². The molecule has 3 heteroatoms. The molecular weight excluding hydrogens is 226 g/mol. The quantitative estimate of drug-likeness (QED) is 0.897. The highest BCUT2D eigenvalue weighted by Crippen LogP contribution is 2.26. The van der Waals surface area contributed by atoms with Crippen LogP contribution in [0, 0.1) is 13.8 Å². The van der Waals surface area contributed by atoms with E-state index in [2.05, 4.69) is 0 Å². The van der Waals surface area contributed by atoms with Gasteiger partial charge in [-0.05, 0) is 49.2 Å². The summed E-state index contributed by atoms with van der Waals surface area (Å²) in [4.78, 5) is 11.3. The Bertz CT molecular complexity index is 591. The molecule has 0 spiro atoms. The fourth-order valence-corrected chi connectivity index (χ4v) is 1.72. The molecule has 1 amide bonds. The Kier molecular flexibility index (Phi) is 3.33. The van der Waals surface area contributed by atoms with E-state index < -0.39 is 5.91 Å². The van der Waals surface area contributed by atoms with Gasteiger partial charge in [-0.3, -0.25) is 4.79 Å². The van der Waals surface area contributed by atoms with E-state index in [1.807, 2.05) is 50.2 Å². The third kappa shape index (κ3) is 2.69. The molecule has 0 atom stereocenters. The van der Waals surface area contributed by atoms with E-state index in [0.29, 0.717) is 17.1 Å². The van der Waals surface area contributed by atoms with Gasteiger partial charge in [0, 0.05) is 0 Å². The lowest BCUT2D eigenvalue weighted by Crippen LogP contribution is -2.12. The fourth-order valence-electron chi connectivity index (χ4n) is 1.72. The van der Waals surface area contributed by atoms with Crippen molar-refractivity contribution >= 4 is 5.91 Å². The largest absolute Gasteiger partial charge is 0.457 e. The molecule has 2 aromatic rings. The first-order chi connectivity index (χ1) is 8.56. The number of primary amides is 1. The lowest BCUT2D eigenvalue weighted by atomic mass is 10.1. The van der Waals surface area contributed by atoms with Gasteiger partial charge in [0.1, 0.15) is 11.5 Å². The zero-order valence-electron chi connectivity index (χ0n) is 10.4. The summed E-state index contributed by atoms with van der Waals surface area (Å²) in [5.41, 5.74) is 7.83. The highest BCUT2D eigenvalue weighted by Gasteiger charge is 2.10. The van der Waals surface area contributed by atoms with Gasteiger partial charge in [-0.1, -0.05) is 18.2 Å². The number of ether oxygens (including phenoxy) is 1. The van der Waals surface area contributed by atoms with Crippen LogP contribution < -0.4 is 10.5 Å². The number of rotatable bonds is 3. The molecule has 0 aliphatic rings. The Balaban J connectivity index is 2.39. The fraction of sp³-hybridized carbons (Fsp3) is 0.133. The molecule has 0 heterocycles. The second-order valence-electron chi connectivity index (χ2n) is 4.28. The first-order valence-electron chi connectivity index (χ1n) is 5.71. The number of benzene rings is 2. The average molecular weight is 241 g/mol. The molecule has 0 fully saturated rings. The van der Waals surface area contributed by atoms with E-state index in [1.165, 1.54) is 0 Å². The normalized spacial score (nSPS) is 10.1. The average Bonchev–Trinajstić information content (AvgIpc) is 2.28. The van der Waals surface area contributed by atoms with Crippen LogP contribution in [-0.2, 0) is 0 Å². The number of hydrogen-bond acceptors (Lipinski definition) is 2. The molecule has 18 heavy (non-hydrogen) atoms. The minimum atomic E-state index is -0.488. The minimum absolute atomic E-state index is 0.391. The van der Waals surface area contributed by atoms with E-state index in [-0.39, 0.29) is 0 Å². The number of carbonyl (C=O) groups excluding carboxylic acids is 1. The van der Waals surface area contributed by atoms with Gasteiger partial charge in [-0.25, -0.2) is 0 Å². The van der Waals surface area contributed by atoms with Crippen LogP contribution in [0.3, 0.4) is 0 Å². The van der Waals surface area contributed by atoms with E-state index >= 15 is 0 Å². The predicted octanol–water partition coefficient (Wildman–Crippen LogP) is 3.19. The summed E-state index contributed by atoms with van der Waals surface area (Å²) in [5.74, 6) is 0.703. The van der Waals surface area contributed by atoms with Gasteiger partial charge in [-0.15, -0.1) is 0 Å². The van der Waals surface area contributed by atoms with Crippen molar-refractivity contribution in [3.63, 3.8) is 0 Å². The maximum Gasteiger partial charge on any atom is 0.252 e. The molecule has 2 aromatic carbocycles. The van der Waals surface area contributed by atoms with Crippen LogP contribution in [0.1, 0.15) is 21.5 Å². The lowest BCUT2D eigenvalue weighted by Gasteiger charge is -2.10. The van der Waals surface area contributed by atoms with Crippen molar-refractivity contribution in [3.8, 4) is 11.5 Å². The van der Waals surface area contributed by atoms with Crippen molar-refractivity contribution in [2.75, 3.05) is 0 Å². The third-order valence-corrected chi connectivity index (χ3v) is 2.62. The number of nitrogens with two attached hydrogens (primary N) is 1. The van der Waals surface area contributed by atoms with Crippen LogP contribution >= 0.6 is 0 Å². The van der Waals surface area contributed by atoms with Crippen LogP contribution in [0.4, 0.5) is 0 Å². The summed E-state index contributed by atoms with van der Waals surface area (Å²) in [6.45, 7) is 3.92. The Labute approximate surface area is 106 Å². The standard InChI is InChI=1S/C15H15NO2/c1-10-4-3-5-12(8-10)18-14-9-11(2)6-7-13(14)15(16)17/h3-9H,1-2H3,(H2,16,17). The summed E-state index contributed by atoms with van der Waals surface area (Å²) in [6, 6.07) is 13.0. The summed E-state index contributed by atoms with van der Waals surface area (Å²) >= 11 is 0. The minimum Gasteiger partial charge on any atom is -0.457 e. The molecule has 0 radical (unpaired) electrons.